The molecule has 0 bridgehead atoms. The number of hydrogen-bond donors (Lipinski definition) is 3. The number of nitrogens with one attached hydrogen (secondary N) is 3. The first kappa shape index (κ1) is 20.9. The van der Waals surface area contributed by atoms with Gasteiger partial charge in [0.15, 0.2) is 0 Å². The number of anilines is 2. The average molecular weight is 395 g/mol. The first-order chi connectivity index (χ1) is 14.1. The number of benzene rings is 2. The summed E-state index contributed by atoms with van der Waals surface area (Å²) in [5, 5.41) is 8.86. The number of aryl methyl sites for hydroxylation is 1. The second kappa shape index (κ2) is 10.1. The highest BCUT2D eigenvalue weighted by Gasteiger charge is 2.23. The Bertz CT molecular complexity index is 830. The van der Waals surface area contributed by atoms with E-state index >= 15 is 0 Å². The molecule has 3 rings (SSSR count). The van der Waals surface area contributed by atoms with E-state index in [1.165, 1.54) is 0 Å². The maximum Gasteiger partial charge on any atom is 0.323 e. The van der Waals surface area contributed by atoms with Crippen molar-refractivity contribution in [1.29, 1.82) is 0 Å². The van der Waals surface area contributed by atoms with Gasteiger partial charge in [-0.05, 0) is 75.5 Å². The van der Waals surface area contributed by atoms with Gasteiger partial charge in [-0.1, -0.05) is 24.3 Å². The molecule has 2 aromatic carbocycles. The third kappa shape index (κ3) is 5.81. The van der Waals surface area contributed by atoms with Crippen LogP contribution in [0.1, 0.15) is 35.2 Å². The zero-order valence-electron chi connectivity index (χ0n) is 17.2. The second-order valence-corrected chi connectivity index (χ2v) is 7.60. The molecule has 1 aliphatic rings. The van der Waals surface area contributed by atoms with Crippen molar-refractivity contribution >= 4 is 23.3 Å². The van der Waals surface area contributed by atoms with E-state index in [-0.39, 0.29) is 11.9 Å². The number of amides is 3. The van der Waals surface area contributed by atoms with Crippen molar-refractivity contribution in [2.45, 2.75) is 26.2 Å². The normalized spacial score (nSPS) is 14.5. The topological polar surface area (TPSA) is 73.5 Å². The van der Waals surface area contributed by atoms with Gasteiger partial charge in [-0.15, -0.1) is 0 Å². The molecule has 0 radical (unpaired) electrons. The molecule has 1 fully saturated rings. The Hall–Kier alpha value is -2.86. The van der Waals surface area contributed by atoms with Crippen molar-refractivity contribution in [1.82, 2.24) is 10.2 Å². The molecule has 0 spiro atoms. The summed E-state index contributed by atoms with van der Waals surface area (Å²) in [6.07, 6.45) is 3.25. The fourth-order valence-electron chi connectivity index (χ4n) is 3.65. The number of rotatable bonds is 6. The lowest BCUT2D eigenvalue weighted by molar-refractivity contribution is 0.0687. The van der Waals surface area contributed by atoms with Gasteiger partial charge in [-0.3, -0.25) is 4.79 Å². The Kier molecular flexibility index (Phi) is 7.25. The second-order valence-electron chi connectivity index (χ2n) is 7.60. The molecule has 0 saturated carbocycles. The van der Waals surface area contributed by atoms with Crippen LogP contribution in [-0.2, 0) is 0 Å². The number of carbonyl (C=O) groups is 2. The van der Waals surface area contributed by atoms with Crippen LogP contribution in [-0.4, -0.2) is 43.5 Å². The molecule has 6 heteroatoms. The van der Waals surface area contributed by atoms with E-state index in [0.29, 0.717) is 17.2 Å². The SMILES string of the molecule is CNCCC1CCN(C(=O)c2ccc(C)c(NC(=O)Nc3ccccc3)c2)CC1. The zero-order valence-corrected chi connectivity index (χ0v) is 17.2. The molecule has 1 heterocycles. The minimum absolute atomic E-state index is 0.0311. The largest absolute Gasteiger partial charge is 0.339 e. The summed E-state index contributed by atoms with van der Waals surface area (Å²) in [5.74, 6) is 0.715. The van der Waals surface area contributed by atoms with E-state index in [2.05, 4.69) is 16.0 Å². The number of carbonyl (C=O) groups excluding carboxylic acids is 2. The molecule has 3 N–H and O–H groups in total. The molecule has 0 atom stereocenters. The minimum Gasteiger partial charge on any atom is -0.339 e. The summed E-state index contributed by atoms with van der Waals surface area (Å²) < 4.78 is 0. The van der Waals surface area contributed by atoms with E-state index in [1.54, 1.807) is 6.07 Å². The number of piperidine rings is 1. The van der Waals surface area contributed by atoms with Crippen LogP contribution in [0.4, 0.5) is 16.2 Å². The van der Waals surface area contributed by atoms with E-state index in [0.717, 1.165) is 50.1 Å². The third-order valence-electron chi connectivity index (χ3n) is 5.47. The van der Waals surface area contributed by atoms with E-state index in [1.807, 2.05) is 61.3 Å². The lowest BCUT2D eigenvalue weighted by atomic mass is 9.93. The summed E-state index contributed by atoms with van der Waals surface area (Å²) in [6, 6.07) is 14.4. The molecule has 6 nitrogen and oxygen atoms in total. The minimum atomic E-state index is -0.325. The number of para-hydroxylation sites is 1. The van der Waals surface area contributed by atoms with Gasteiger partial charge in [-0.2, -0.15) is 0 Å². The standard InChI is InChI=1S/C23H30N4O2/c1-17-8-9-19(22(28)27-14-11-18(12-15-27)10-13-24-2)16-21(17)26-23(29)25-20-6-4-3-5-7-20/h3-9,16,18,24H,10-15H2,1-2H3,(H2,25,26,29). The number of hydrogen-bond acceptors (Lipinski definition) is 3. The fourth-order valence-corrected chi connectivity index (χ4v) is 3.65. The van der Waals surface area contributed by atoms with Crippen LogP contribution in [0.2, 0.25) is 0 Å². The summed E-state index contributed by atoms with van der Waals surface area (Å²) in [4.78, 5) is 27.2. The highest BCUT2D eigenvalue weighted by molar-refractivity contribution is 6.02. The molecular formula is C23H30N4O2. The van der Waals surface area contributed by atoms with Gasteiger partial charge in [0.2, 0.25) is 0 Å². The number of urea groups is 1. The quantitative estimate of drug-likeness (QED) is 0.691. The molecule has 0 aromatic heterocycles. The Labute approximate surface area is 172 Å². The maximum absolute atomic E-state index is 12.9. The van der Waals surface area contributed by atoms with Crippen LogP contribution in [0.25, 0.3) is 0 Å². The predicted octanol–water partition coefficient (Wildman–Crippen LogP) is 4.10. The molecule has 29 heavy (non-hydrogen) atoms. The molecule has 154 valence electrons. The van der Waals surface area contributed by atoms with Crippen LogP contribution in [0.15, 0.2) is 48.5 Å². The van der Waals surface area contributed by atoms with Gasteiger partial charge >= 0.3 is 6.03 Å². The highest BCUT2D eigenvalue weighted by Crippen LogP contribution is 2.23. The Morgan fingerprint density at radius 3 is 2.45 bits per heavy atom. The molecule has 3 amide bonds. The van der Waals surface area contributed by atoms with Crippen molar-refractivity contribution in [3.63, 3.8) is 0 Å². The zero-order chi connectivity index (χ0) is 20.6. The fraction of sp³-hybridized carbons (Fsp3) is 0.391. The van der Waals surface area contributed by atoms with Crippen molar-refractivity contribution in [2.75, 3.05) is 37.3 Å². The lowest BCUT2D eigenvalue weighted by Crippen LogP contribution is -2.39. The van der Waals surface area contributed by atoms with Gasteiger partial charge in [0.1, 0.15) is 0 Å². The van der Waals surface area contributed by atoms with Crippen LogP contribution in [0.3, 0.4) is 0 Å². The highest BCUT2D eigenvalue weighted by atomic mass is 16.2. The number of nitrogens with zero attached hydrogens (tertiary/aromatic N) is 1. The lowest BCUT2D eigenvalue weighted by Gasteiger charge is -2.32. The summed E-state index contributed by atoms with van der Waals surface area (Å²) in [7, 11) is 1.97. The van der Waals surface area contributed by atoms with Crippen LogP contribution < -0.4 is 16.0 Å². The van der Waals surface area contributed by atoms with Crippen LogP contribution in [0, 0.1) is 12.8 Å². The van der Waals surface area contributed by atoms with Crippen molar-refractivity contribution < 1.29 is 9.59 Å². The van der Waals surface area contributed by atoms with E-state index < -0.39 is 0 Å². The maximum atomic E-state index is 12.9. The molecular weight excluding hydrogens is 364 g/mol. The Balaban J connectivity index is 1.61. The monoisotopic (exact) mass is 394 g/mol. The Morgan fingerprint density at radius 1 is 1.03 bits per heavy atom. The molecule has 1 saturated heterocycles. The van der Waals surface area contributed by atoms with Gasteiger partial charge in [-0.25, -0.2) is 4.79 Å². The van der Waals surface area contributed by atoms with Crippen molar-refractivity contribution in [3.8, 4) is 0 Å². The van der Waals surface area contributed by atoms with E-state index in [4.69, 9.17) is 0 Å². The van der Waals surface area contributed by atoms with Crippen LogP contribution >= 0.6 is 0 Å². The van der Waals surface area contributed by atoms with Gasteiger partial charge in [0, 0.05) is 30.0 Å². The van der Waals surface area contributed by atoms with Gasteiger partial charge in [0.25, 0.3) is 5.91 Å². The smallest absolute Gasteiger partial charge is 0.323 e. The Morgan fingerprint density at radius 2 is 1.76 bits per heavy atom. The molecule has 1 aliphatic heterocycles. The van der Waals surface area contributed by atoms with Gasteiger partial charge in [0.05, 0.1) is 0 Å². The van der Waals surface area contributed by atoms with Crippen molar-refractivity contribution in [3.05, 3.63) is 59.7 Å². The summed E-state index contributed by atoms with van der Waals surface area (Å²) >= 11 is 0. The predicted molar refractivity (Wildman–Crippen MR) is 117 cm³/mol. The summed E-state index contributed by atoms with van der Waals surface area (Å²) in [5.41, 5.74) is 2.89. The van der Waals surface area contributed by atoms with Crippen molar-refractivity contribution in [2.24, 2.45) is 5.92 Å². The first-order valence-corrected chi connectivity index (χ1v) is 10.2. The van der Waals surface area contributed by atoms with E-state index in [9.17, 15) is 9.59 Å². The number of likely N-dealkylation sites (tertiary alicyclic amines) is 1. The van der Waals surface area contributed by atoms with Gasteiger partial charge < -0.3 is 20.9 Å². The third-order valence-corrected chi connectivity index (χ3v) is 5.47. The molecule has 0 unspecified atom stereocenters. The molecule has 0 aliphatic carbocycles. The summed E-state index contributed by atoms with van der Waals surface area (Å²) in [6.45, 7) is 4.52. The molecule has 2 aromatic rings. The van der Waals surface area contributed by atoms with Crippen LogP contribution in [0.5, 0.6) is 0 Å². The first-order valence-electron chi connectivity index (χ1n) is 10.2. The average Bonchev–Trinajstić information content (AvgIpc) is 2.74.